The van der Waals surface area contributed by atoms with Crippen LogP contribution in [-0.2, 0) is 11.3 Å². The number of aromatic nitrogens is 6. The van der Waals surface area contributed by atoms with Gasteiger partial charge in [-0.2, -0.15) is 10.1 Å². The second-order valence-corrected chi connectivity index (χ2v) is 11.3. The Morgan fingerprint density at radius 1 is 1.08 bits per heavy atom. The largest absolute Gasteiger partial charge is 0.329 e. The number of hydrogen-bond donors (Lipinski definition) is 2. The number of piperidine rings is 1. The number of hydrogen-bond acceptors (Lipinski definition) is 8. The molecule has 3 aliphatic rings. The predicted octanol–water partition coefficient (Wildman–Crippen LogP) is 4.31. The summed E-state index contributed by atoms with van der Waals surface area (Å²) in [6.07, 6.45) is 12.7. The van der Waals surface area contributed by atoms with E-state index in [1.165, 1.54) is 24.1 Å². The monoisotopic (exact) mass is 525 g/mol. The van der Waals surface area contributed by atoms with E-state index in [4.69, 9.17) is 10.1 Å². The summed E-state index contributed by atoms with van der Waals surface area (Å²) in [7, 11) is 0. The highest BCUT2D eigenvalue weighted by Crippen LogP contribution is 2.40. The number of pyridine rings is 1. The zero-order chi connectivity index (χ0) is 26.2. The molecule has 1 aliphatic carbocycles. The third-order valence-electron chi connectivity index (χ3n) is 8.37. The van der Waals surface area contributed by atoms with Gasteiger partial charge in [0.25, 0.3) is 0 Å². The highest BCUT2D eigenvalue weighted by atomic mass is 16.1. The summed E-state index contributed by atoms with van der Waals surface area (Å²) in [5.74, 6) is 3.36. The maximum Gasteiger partial charge on any atom is 0.246 e. The maximum atomic E-state index is 13.7. The molecule has 7 rings (SSSR count). The molecular formula is C29H35N9O. The first kappa shape index (κ1) is 24.3. The Morgan fingerprint density at radius 3 is 2.82 bits per heavy atom. The lowest BCUT2D eigenvalue weighted by atomic mass is 9.90. The molecule has 10 nitrogen and oxygen atoms in total. The second kappa shape index (κ2) is 10.4. The van der Waals surface area contributed by atoms with Crippen molar-refractivity contribution in [3.05, 3.63) is 60.2 Å². The molecule has 0 aromatic carbocycles. The van der Waals surface area contributed by atoms with Gasteiger partial charge in [-0.3, -0.25) is 19.8 Å². The van der Waals surface area contributed by atoms with Crippen molar-refractivity contribution in [2.75, 3.05) is 29.9 Å². The SMILES string of the molecule is O=C(CC1CCCN(Cc2ccncc2)C1)[C@@H]1CCCN1c1nc(Nc2cc(C3CC3)[nH]n2)c2cccn2n1. The van der Waals surface area contributed by atoms with Gasteiger partial charge in [0.15, 0.2) is 17.4 Å². The molecule has 2 aliphatic heterocycles. The average molecular weight is 526 g/mol. The van der Waals surface area contributed by atoms with Crippen molar-refractivity contribution in [1.29, 1.82) is 0 Å². The van der Waals surface area contributed by atoms with E-state index in [-0.39, 0.29) is 6.04 Å². The summed E-state index contributed by atoms with van der Waals surface area (Å²) in [6, 6.07) is 10.0. The molecule has 10 heteroatoms. The lowest BCUT2D eigenvalue weighted by Crippen LogP contribution is -2.41. The van der Waals surface area contributed by atoms with Gasteiger partial charge < -0.3 is 10.2 Å². The van der Waals surface area contributed by atoms with Gasteiger partial charge in [-0.1, -0.05) is 0 Å². The standard InChI is InChI=1S/C29H35N9O/c39-26(16-21-4-1-13-36(19-21)18-20-9-11-30-12-10-20)24-5-2-14-37(24)29-32-28(25-6-3-15-38(25)35-29)31-27-17-23(33-34-27)22-7-8-22/h3,6,9-12,15,17,21-22,24H,1-2,4-5,7-8,13-14,16,18-19H2,(H2,31,32,33,34,35)/t21?,24-/m0/s1. The third kappa shape index (κ3) is 5.25. The topological polar surface area (TPSA) is 107 Å². The summed E-state index contributed by atoms with van der Waals surface area (Å²) in [5, 5.41) is 15.8. The molecule has 1 unspecified atom stereocenters. The van der Waals surface area contributed by atoms with Gasteiger partial charge >= 0.3 is 0 Å². The fraction of sp³-hybridized carbons (Fsp3) is 0.483. The Hall–Kier alpha value is -3.79. The number of carbonyl (C=O) groups is 1. The van der Waals surface area contributed by atoms with E-state index in [0.717, 1.165) is 63.2 Å². The summed E-state index contributed by atoms with van der Waals surface area (Å²) in [6.45, 7) is 3.76. The number of likely N-dealkylation sites (tertiary alicyclic amines) is 1. The number of carbonyl (C=O) groups excluding carboxylic acids is 1. The molecule has 1 saturated carbocycles. The first-order valence-corrected chi connectivity index (χ1v) is 14.3. The van der Waals surface area contributed by atoms with Crippen LogP contribution in [0.25, 0.3) is 5.52 Å². The van der Waals surface area contributed by atoms with Gasteiger partial charge in [0.05, 0.1) is 6.04 Å². The van der Waals surface area contributed by atoms with Gasteiger partial charge in [-0.15, -0.1) is 5.10 Å². The van der Waals surface area contributed by atoms with E-state index in [2.05, 4.69) is 48.5 Å². The van der Waals surface area contributed by atoms with Crippen LogP contribution in [0.4, 0.5) is 17.6 Å². The summed E-state index contributed by atoms with van der Waals surface area (Å²) < 4.78 is 1.84. The van der Waals surface area contributed by atoms with Crippen LogP contribution >= 0.6 is 0 Å². The van der Waals surface area contributed by atoms with Crippen molar-refractivity contribution in [2.24, 2.45) is 5.92 Å². The van der Waals surface area contributed by atoms with E-state index in [0.29, 0.717) is 35.8 Å². The molecular weight excluding hydrogens is 490 g/mol. The Labute approximate surface area is 227 Å². The fourth-order valence-corrected chi connectivity index (χ4v) is 6.23. The Bertz CT molecular complexity index is 1440. The fourth-order valence-electron chi connectivity index (χ4n) is 6.23. The van der Waals surface area contributed by atoms with Gasteiger partial charge in [0.2, 0.25) is 5.95 Å². The Kier molecular flexibility index (Phi) is 6.48. The number of anilines is 3. The average Bonchev–Trinajstić information content (AvgIpc) is 3.31. The highest BCUT2D eigenvalue weighted by molar-refractivity contribution is 5.87. The van der Waals surface area contributed by atoms with E-state index >= 15 is 0 Å². The van der Waals surface area contributed by atoms with Gasteiger partial charge in [-0.05, 0) is 80.8 Å². The smallest absolute Gasteiger partial charge is 0.246 e. The molecule has 0 radical (unpaired) electrons. The van der Waals surface area contributed by atoms with E-state index in [1.807, 2.05) is 35.2 Å². The molecule has 4 aromatic rings. The molecule has 2 saturated heterocycles. The normalized spacial score (nSPS) is 22.0. The predicted molar refractivity (Wildman–Crippen MR) is 149 cm³/mol. The third-order valence-corrected chi connectivity index (χ3v) is 8.37. The van der Waals surface area contributed by atoms with Crippen molar-refractivity contribution in [3.63, 3.8) is 0 Å². The number of rotatable bonds is 9. The Morgan fingerprint density at radius 2 is 1.95 bits per heavy atom. The summed E-state index contributed by atoms with van der Waals surface area (Å²) in [5.41, 5.74) is 3.33. The molecule has 202 valence electrons. The zero-order valence-corrected chi connectivity index (χ0v) is 22.2. The Balaban J connectivity index is 1.05. The van der Waals surface area contributed by atoms with Gasteiger partial charge in [0, 0.05) is 62.3 Å². The minimum absolute atomic E-state index is 0.173. The minimum Gasteiger partial charge on any atom is -0.329 e. The van der Waals surface area contributed by atoms with Crippen molar-refractivity contribution in [1.82, 2.24) is 34.7 Å². The number of aromatic amines is 1. The molecule has 3 fully saturated rings. The van der Waals surface area contributed by atoms with Crippen LogP contribution in [0.5, 0.6) is 0 Å². The van der Waals surface area contributed by atoms with Crippen molar-refractivity contribution in [3.8, 4) is 0 Å². The lowest BCUT2D eigenvalue weighted by molar-refractivity contribution is -0.121. The zero-order valence-electron chi connectivity index (χ0n) is 22.2. The van der Waals surface area contributed by atoms with E-state index in [9.17, 15) is 4.79 Å². The molecule has 0 amide bonds. The summed E-state index contributed by atoms with van der Waals surface area (Å²) in [4.78, 5) is 27.3. The van der Waals surface area contributed by atoms with E-state index < -0.39 is 0 Å². The first-order chi connectivity index (χ1) is 19.2. The molecule has 39 heavy (non-hydrogen) atoms. The molecule has 6 heterocycles. The number of Topliss-reactive ketones (excluding diaryl/α,β-unsaturated/α-hetero) is 1. The van der Waals surface area contributed by atoms with Crippen LogP contribution in [0, 0.1) is 5.92 Å². The minimum atomic E-state index is -0.173. The highest BCUT2D eigenvalue weighted by Gasteiger charge is 2.35. The van der Waals surface area contributed by atoms with Crippen LogP contribution in [0.2, 0.25) is 0 Å². The molecule has 0 bridgehead atoms. The van der Waals surface area contributed by atoms with Crippen LogP contribution in [-0.4, -0.2) is 66.1 Å². The number of H-pyrrole nitrogens is 1. The van der Waals surface area contributed by atoms with Crippen LogP contribution in [0.15, 0.2) is 48.9 Å². The second-order valence-electron chi connectivity index (χ2n) is 11.3. The lowest BCUT2D eigenvalue weighted by Gasteiger charge is -2.33. The molecule has 0 spiro atoms. The molecule has 4 aromatic heterocycles. The number of fused-ring (bicyclic) bond motifs is 1. The summed E-state index contributed by atoms with van der Waals surface area (Å²) >= 11 is 0. The van der Waals surface area contributed by atoms with Gasteiger partial charge in [-0.25, -0.2) is 4.52 Å². The van der Waals surface area contributed by atoms with Crippen LogP contribution in [0.3, 0.4) is 0 Å². The van der Waals surface area contributed by atoms with Crippen LogP contribution in [0.1, 0.15) is 62.1 Å². The van der Waals surface area contributed by atoms with Crippen molar-refractivity contribution >= 4 is 28.9 Å². The van der Waals surface area contributed by atoms with Gasteiger partial charge in [0.1, 0.15) is 5.52 Å². The molecule has 2 N–H and O–H groups in total. The molecule has 2 atom stereocenters. The number of nitrogens with one attached hydrogen (secondary N) is 2. The maximum absolute atomic E-state index is 13.7. The quantitative estimate of drug-likeness (QED) is 0.333. The van der Waals surface area contributed by atoms with E-state index in [1.54, 1.807) is 0 Å². The first-order valence-electron chi connectivity index (χ1n) is 14.3. The number of nitrogens with zero attached hydrogens (tertiary/aromatic N) is 7. The van der Waals surface area contributed by atoms with Crippen molar-refractivity contribution < 1.29 is 4.79 Å². The van der Waals surface area contributed by atoms with Crippen LogP contribution < -0.4 is 10.2 Å². The number of ketones is 1. The van der Waals surface area contributed by atoms with Crippen molar-refractivity contribution in [2.45, 2.75) is 63.5 Å².